The van der Waals surface area contributed by atoms with Crippen LogP contribution in [-0.4, -0.2) is 85.1 Å². The third-order valence-corrected chi connectivity index (χ3v) is 8.58. The maximum absolute atomic E-state index is 13.5. The highest BCUT2D eigenvalue weighted by Gasteiger charge is 2.34. The van der Waals surface area contributed by atoms with Gasteiger partial charge in [-0.3, -0.25) is 9.59 Å². The Hall–Kier alpha value is -3.57. The Labute approximate surface area is 244 Å². The summed E-state index contributed by atoms with van der Waals surface area (Å²) in [6.45, 7) is 5.79. The van der Waals surface area contributed by atoms with Gasteiger partial charge in [-0.25, -0.2) is 4.79 Å². The summed E-state index contributed by atoms with van der Waals surface area (Å²) in [6.07, 6.45) is 4.00. The molecule has 1 atom stereocenters. The first-order valence-electron chi connectivity index (χ1n) is 14.0. The molecule has 0 aromatic heterocycles. The van der Waals surface area contributed by atoms with Crippen molar-refractivity contribution in [3.8, 4) is 11.5 Å². The van der Waals surface area contributed by atoms with Crippen molar-refractivity contribution in [2.45, 2.75) is 44.3 Å². The molecular formula is C30H36N4O6S. The number of amides is 3. The molecule has 1 unspecified atom stereocenters. The van der Waals surface area contributed by atoms with Crippen LogP contribution < -0.4 is 14.4 Å². The van der Waals surface area contributed by atoms with Crippen molar-refractivity contribution in [3.05, 3.63) is 53.1 Å². The van der Waals surface area contributed by atoms with E-state index in [4.69, 9.17) is 14.2 Å². The van der Waals surface area contributed by atoms with Gasteiger partial charge >= 0.3 is 11.3 Å². The predicted molar refractivity (Wildman–Crippen MR) is 158 cm³/mol. The molecule has 0 spiro atoms. The highest BCUT2D eigenvalue weighted by molar-refractivity contribution is 8.14. The lowest BCUT2D eigenvalue weighted by Gasteiger charge is -2.31. The maximum atomic E-state index is 13.5. The Kier molecular flexibility index (Phi) is 9.14. The number of carbonyl (C=O) groups excluding carboxylic acids is 3. The Morgan fingerprint density at radius 2 is 1.78 bits per heavy atom. The Bertz CT molecular complexity index is 1340. The molecule has 1 fully saturated rings. The first-order valence-corrected chi connectivity index (χ1v) is 14.9. The van der Waals surface area contributed by atoms with Crippen molar-refractivity contribution in [1.82, 2.24) is 9.91 Å². The number of carbonyl (C=O) groups is 3. The molecule has 41 heavy (non-hydrogen) atoms. The number of aryl methyl sites for hydroxylation is 1. The zero-order valence-electron chi connectivity index (χ0n) is 23.8. The average Bonchev–Trinajstić information content (AvgIpc) is 3.51. The van der Waals surface area contributed by atoms with Crippen LogP contribution in [0.25, 0.3) is 0 Å². The summed E-state index contributed by atoms with van der Waals surface area (Å²) >= 11 is 1.05. The van der Waals surface area contributed by atoms with Gasteiger partial charge in [-0.1, -0.05) is 17.8 Å². The van der Waals surface area contributed by atoms with Gasteiger partial charge in [0, 0.05) is 24.3 Å². The lowest BCUT2D eigenvalue weighted by molar-refractivity contribution is 0.0984. The van der Waals surface area contributed by atoms with E-state index in [0.29, 0.717) is 29.3 Å². The van der Waals surface area contributed by atoms with Crippen LogP contribution >= 0.6 is 11.8 Å². The van der Waals surface area contributed by atoms with Crippen LogP contribution in [0.5, 0.6) is 11.5 Å². The van der Waals surface area contributed by atoms with E-state index in [1.54, 1.807) is 37.3 Å². The molecule has 3 aliphatic rings. The van der Waals surface area contributed by atoms with E-state index in [9.17, 15) is 14.4 Å². The van der Waals surface area contributed by atoms with E-state index < -0.39 is 11.3 Å². The molecule has 11 heteroatoms. The minimum absolute atomic E-state index is 0.122. The number of likely N-dealkylation sites (tertiary alicyclic amines) is 1. The molecule has 2 aromatic rings. The second-order valence-electron chi connectivity index (χ2n) is 10.3. The van der Waals surface area contributed by atoms with Gasteiger partial charge in [-0.05, 0) is 93.6 Å². The standard InChI is InChI=1S/C30H36N4O6S/c1-20-27(31-34(30(37)41-20)29(36)40-17-7-15-32-13-4-5-14-32)22-9-11-24-21(18-22)8-6-16-33(24)28(35)23-10-12-25(38-2)26(19-23)39-3/h9-12,18-20H,4-8,13-17H2,1-3H3. The van der Waals surface area contributed by atoms with Crippen LogP contribution in [0.3, 0.4) is 0 Å². The third kappa shape index (κ3) is 6.36. The number of benzene rings is 2. The lowest BCUT2D eigenvalue weighted by Crippen LogP contribution is -2.39. The van der Waals surface area contributed by atoms with Crippen molar-refractivity contribution in [1.29, 1.82) is 0 Å². The quantitative estimate of drug-likeness (QED) is 0.394. The Morgan fingerprint density at radius 3 is 2.54 bits per heavy atom. The number of fused-ring (bicyclic) bond motifs is 1. The number of methoxy groups -OCH3 is 2. The Morgan fingerprint density at radius 1 is 1.00 bits per heavy atom. The number of anilines is 1. The van der Waals surface area contributed by atoms with Gasteiger partial charge in [0.05, 0.1) is 31.8 Å². The molecule has 3 amide bonds. The SMILES string of the molecule is COc1ccc(C(=O)N2CCCc3cc(C4=NN(C(=O)OCCCN5CCCC5)C(=O)SC4C)ccc32)cc1OC. The van der Waals surface area contributed by atoms with Crippen molar-refractivity contribution < 1.29 is 28.6 Å². The zero-order valence-corrected chi connectivity index (χ0v) is 24.6. The number of nitrogens with zero attached hydrogens (tertiary/aromatic N) is 4. The van der Waals surface area contributed by atoms with Crippen LogP contribution in [0.2, 0.25) is 0 Å². The molecule has 218 valence electrons. The molecule has 0 saturated carbocycles. The fourth-order valence-corrected chi connectivity index (χ4v) is 6.31. The van der Waals surface area contributed by atoms with Crippen LogP contribution in [0.1, 0.15) is 54.1 Å². The van der Waals surface area contributed by atoms with E-state index in [2.05, 4.69) is 10.0 Å². The molecule has 3 aliphatic heterocycles. The number of rotatable bonds is 8. The average molecular weight is 581 g/mol. The number of hydrogen-bond donors (Lipinski definition) is 0. The zero-order chi connectivity index (χ0) is 28.9. The summed E-state index contributed by atoms with van der Waals surface area (Å²) in [5.41, 5.74) is 3.78. The molecule has 3 heterocycles. The molecule has 1 saturated heterocycles. The van der Waals surface area contributed by atoms with Crippen LogP contribution in [0, 0.1) is 0 Å². The molecule has 0 aliphatic carbocycles. The monoisotopic (exact) mass is 580 g/mol. The van der Waals surface area contributed by atoms with Gasteiger partial charge in [0.25, 0.3) is 5.91 Å². The minimum atomic E-state index is -0.752. The highest BCUT2D eigenvalue weighted by atomic mass is 32.2. The molecule has 5 rings (SSSR count). The van der Waals surface area contributed by atoms with Gasteiger partial charge < -0.3 is 24.0 Å². The molecule has 0 N–H and O–H groups in total. The molecule has 10 nitrogen and oxygen atoms in total. The lowest BCUT2D eigenvalue weighted by atomic mass is 9.96. The second-order valence-corrected chi connectivity index (χ2v) is 11.6. The first-order chi connectivity index (χ1) is 19.9. The third-order valence-electron chi connectivity index (χ3n) is 7.63. The van der Waals surface area contributed by atoms with E-state index in [-0.39, 0.29) is 17.8 Å². The summed E-state index contributed by atoms with van der Waals surface area (Å²) in [6, 6.07) is 11.0. The molecular weight excluding hydrogens is 544 g/mol. The summed E-state index contributed by atoms with van der Waals surface area (Å²) in [5, 5.41) is 4.59. The number of imide groups is 1. The van der Waals surface area contributed by atoms with Crippen molar-refractivity contribution in [3.63, 3.8) is 0 Å². The molecule has 2 aromatic carbocycles. The van der Waals surface area contributed by atoms with Gasteiger partial charge in [-0.15, -0.1) is 5.01 Å². The fourth-order valence-electron chi connectivity index (χ4n) is 5.50. The summed E-state index contributed by atoms with van der Waals surface area (Å²) < 4.78 is 16.1. The van der Waals surface area contributed by atoms with Gasteiger partial charge in [-0.2, -0.15) is 5.10 Å². The second kappa shape index (κ2) is 12.9. The smallest absolute Gasteiger partial charge is 0.438 e. The topological polar surface area (TPSA) is 101 Å². The van der Waals surface area contributed by atoms with Crippen LogP contribution in [0.15, 0.2) is 41.5 Å². The maximum Gasteiger partial charge on any atom is 0.438 e. The van der Waals surface area contributed by atoms with Gasteiger partial charge in [0.15, 0.2) is 11.5 Å². The first kappa shape index (κ1) is 28.9. The molecule has 0 bridgehead atoms. The predicted octanol–water partition coefficient (Wildman–Crippen LogP) is 5.18. The van der Waals surface area contributed by atoms with E-state index in [1.807, 2.05) is 25.1 Å². The van der Waals surface area contributed by atoms with Crippen molar-refractivity contribution in [2.75, 3.05) is 51.9 Å². The fraction of sp³-hybridized carbons (Fsp3) is 0.467. The Balaban J connectivity index is 1.31. The number of thioether (sulfide) groups is 1. The highest BCUT2D eigenvalue weighted by Crippen LogP contribution is 2.34. The number of hydrazone groups is 1. The molecule has 0 radical (unpaired) electrons. The van der Waals surface area contributed by atoms with Crippen LogP contribution in [-0.2, 0) is 11.2 Å². The van der Waals surface area contributed by atoms with Crippen molar-refractivity contribution in [2.24, 2.45) is 5.10 Å². The van der Waals surface area contributed by atoms with E-state index >= 15 is 0 Å². The van der Waals surface area contributed by atoms with Gasteiger partial charge in [0.1, 0.15) is 0 Å². The number of ether oxygens (including phenoxy) is 3. The summed E-state index contributed by atoms with van der Waals surface area (Å²) in [5.74, 6) is 0.936. The largest absolute Gasteiger partial charge is 0.493 e. The summed E-state index contributed by atoms with van der Waals surface area (Å²) in [7, 11) is 3.10. The van der Waals surface area contributed by atoms with Gasteiger partial charge in [0.2, 0.25) is 0 Å². The summed E-state index contributed by atoms with van der Waals surface area (Å²) in [4.78, 5) is 43.0. The minimum Gasteiger partial charge on any atom is -0.493 e. The van der Waals surface area contributed by atoms with E-state index in [1.165, 1.54) is 12.8 Å². The van der Waals surface area contributed by atoms with Crippen LogP contribution in [0.4, 0.5) is 15.3 Å². The number of hydrogen-bond acceptors (Lipinski definition) is 9. The van der Waals surface area contributed by atoms with E-state index in [0.717, 1.165) is 72.5 Å². The van der Waals surface area contributed by atoms with Crippen molar-refractivity contribution >= 4 is 40.4 Å². The normalized spacial score (nSPS) is 19.0.